The molecule has 0 aliphatic carbocycles. The number of nitrogens with zero attached hydrogens (tertiary/aromatic N) is 4. The van der Waals surface area contributed by atoms with Crippen molar-refractivity contribution in [1.82, 2.24) is 19.8 Å². The van der Waals surface area contributed by atoms with Crippen molar-refractivity contribution in [3.63, 3.8) is 0 Å². The van der Waals surface area contributed by atoms with Crippen molar-refractivity contribution >= 4 is 51.8 Å². The van der Waals surface area contributed by atoms with Crippen LogP contribution in [0.25, 0.3) is 17.1 Å². The molecule has 0 unspecified atom stereocenters. The highest BCUT2D eigenvalue weighted by atomic mass is 35.5. The lowest BCUT2D eigenvalue weighted by Gasteiger charge is -1.94. The van der Waals surface area contributed by atoms with Gasteiger partial charge < -0.3 is 0 Å². The van der Waals surface area contributed by atoms with E-state index in [1.54, 1.807) is 0 Å². The van der Waals surface area contributed by atoms with Gasteiger partial charge in [-0.15, -0.1) is 10.2 Å². The number of hydrogen-bond acceptors (Lipinski definition) is 5. The highest BCUT2D eigenvalue weighted by molar-refractivity contribution is 7.98. The van der Waals surface area contributed by atoms with Gasteiger partial charge in [0.2, 0.25) is 4.96 Å². The molecule has 0 aliphatic rings. The fourth-order valence-corrected chi connectivity index (χ4v) is 3.33. The topological polar surface area (TPSA) is 43.1 Å². The normalized spacial score (nSPS) is 11.7. The first-order valence-corrected chi connectivity index (χ1v) is 8.83. The summed E-state index contributed by atoms with van der Waals surface area (Å²) in [6.07, 6.45) is 3.97. The van der Waals surface area contributed by atoms with E-state index in [1.165, 1.54) is 11.3 Å². The van der Waals surface area contributed by atoms with E-state index in [4.69, 9.17) is 11.6 Å². The fraction of sp³-hybridized carbons (Fsp3) is 0.214. The summed E-state index contributed by atoms with van der Waals surface area (Å²) in [4.78, 5) is 0.826. The van der Waals surface area contributed by atoms with Crippen LogP contribution in [0, 0.1) is 0 Å². The van der Waals surface area contributed by atoms with Crippen molar-refractivity contribution < 1.29 is 0 Å². The van der Waals surface area contributed by atoms with Crippen LogP contribution in [0.15, 0.2) is 24.3 Å². The first kappa shape index (κ1) is 14.6. The second-order valence-corrected chi connectivity index (χ2v) is 6.97. The Morgan fingerprint density at radius 2 is 2.24 bits per heavy atom. The Labute approximate surface area is 135 Å². The highest BCUT2D eigenvalue weighted by Crippen LogP contribution is 2.19. The van der Waals surface area contributed by atoms with Crippen LogP contribution in [0.4, 0.5) is 0 Å². The van der Waals surface area contributed by atoms with E-state index in [9.17, 15) is 0 Å². The van der Waals surface area contributed by atoms with Crippen LogP contribution in [0.5, 0.6) is 0 Å². The summed E-state index contributed by atoms with van der Waals surface area (Å²) in [6.45, 7) is 2.13. The van der Waals surface area contributed by atoms with E-state index in [1.807, 2.05) is 52.7 Å². The Hall–Kier alpha value is -1.37. The molecule has 7 heteroatoms. The van der Waals surface area contributed by atoms with Crippen LogP contribution >= 0.6 is 34.7 Å². The van der Waals surface area contributed by atoms with Gasteiger partial charge in [0.15, 0.2) is 5.82 Å². The fourth-order valence-electron chi connectivity index (χ4n) is 1.80. The Morgan fingerprint density at radius 3 is 3.05 bits per heavy atom. The molecule has 0 bridgehead atoms. The predicted molar refractivity (Wildman–Crippen MR) is 90.9 cm³/mol. The SMILES string of the molecule is CCSCc1nnc2sc(/C=C/c3cccc(Cl)c3)nn12. The minimum Gasteiger partial charge on any atom is -0.186 e. The van der Waals surface area contributed by atoms with Gasteiger partial charge in [-0.2, -0.15) is 21.4 Å². The summed E-state index contributed by atoms with van der Waals surface area (Å²) >= 11 is 9.31. The molecule has 3 aromatic rings. The van der Waals surface area contributed by atoms with E-state index >= 15 is 0 Å². The maximum Gasteiger partial charge on any atom is 0.234 e. The van der Waals surface area contributed by atoms with E-state index in [2.05, 4.69) is 22.2 Å². The zero-order chi connectivity index (χ0) is 14.7. The molecule has 0 atom stereocenters. The molecular formula is C14H13ClN4S2. The van der Waals surface area contributed by atoms with Gasteiger partial charge in [-0.05, 0) is 29.5 Å². The molecule has 3 rings (SSSR count). The molecule has 0 aliphatic heterocycles. The molecule has 0 radical (unpaired) electrons. The monoisotopic (exact) mass is 336 g/mol. The van der Waals surface area contributed by atoms with Crippen molar-refractivity contribution in [2.75, 3.05) is 5.75 Å². The van der Waals surface area contributed by atoms with Crippen LogP contribution < -0.4 is 0 Å². The van der Waals surface area contributed by atoms with E-state index < -0.39 is 0 Å². The molecule has 0 spiro atoms. The summed E-state index contributed by atoms with van der Waals surface area (Å²) in [5.74, 6) is 2.79. The maximum absolute atomic E-state index is 5.97. The minimum absolute atomic E-state index is 0.731. The molecule has 0 amide bonds. The largest absolute Gasteiger partial charge is 0.234 e. The first-order chi connectivity index (χ1) is 10.3. The summed E-state index contributed by atoms with van der Waals surface area (Å²) in [5.41, 5.74) is 1.05. The average Bonchev–Trinajstić information content (AvgIpc) is 3.03. The van der Waals surface area contributed by atoms with E-state index in [0.29, 0.717) is 0 Å². The molecule has 0 saturated carbocycles. The van der Waals surface area contributed by atoms with Gasteiger partial charge in [-0.3, -0.25) is 0 Å². The van der Waals surface area contributed by atoms with Crippen molar-refractivity contribution in [2.45, 2.75) is 12.7 Å². The zero-order valence-corrected chi connectivity index (χ0v) is 13.8. The second-order valence-electron chi connectivity index (χ2n) is 4.28. The highest BCUT2D eigenvalue weighted by Gasteiger charge is 2.09. The van der Waals surface area contributed by atoms with Gasteiger partial charge in [0.25, 0.3) is 0 Å². The van der Waals surface area contributed by atoms with Crippen molar-refractivity contribution in [1.29, 1.82) is 0 Å². The van der Waals surface area contributed by atoms with E-state index in [0.717, 1.165) is 37.9 Å². The third-order valence-electron chi connectivity index (χ3n) is 2.77. The maximum atomic E-state index is 5.97. The molecule has 4 nitrogen and oxygen atoms in total. The Morgan fingerprint density at radius 1 is 1.33 bits per heavy atom. The third-order valence-corrected chi connectivity index (χ3v) is 4.74. The van der Waals surface area contributed by atoms with Crippen LogP contribution in [-0.4, -0.2) is 25.6 Å². The number of fused-ring (bicyclic) bond motifs is 1. The van der Waals surface area contributed by atoms with Crippen molar-refractivity contribution in [2.24, 2.45) is 0 Å². The van der Waals surface area contributed by atoms with Gasteiger partial charge in [0, 0.05) is 5.02 Å². The summed E-state index contributed by atoms with van der Waals surface area (Å²) < 4.78 is 1.82. The Kier molecular flexibility index (Phi) is 4.57. The predicted octanol–water partition coefficient (Wildman–Crippen LogP) is 4.26. The Bertz CT molecular complexity index is 778. The minimum atomic E-state index is 0.731. The number of aromatic nitrogens is 4. The molecular weight excluding hydrogens is 324 g/mol. The van der Waals surface area contributed by atoms with Crippen LogP contribution in [0.2, 0.25) is 5.02 Å². The smallest absolute Gasteiger partial charge is 0.186 e. The lowest BCUT2D eigenvalue weighted by atomic mass is 10.2. The number of thioether (sulfide) groups is 1. The molecule has 0 fully saturated rings. The third kappa shape index (κ3) is 3.45. The molecule has 2 aromatic heterocycles. The van der Waals surface area contributed by atoms with Crippen LogP contribution in [0.1, 0.15) is 23.3 Å². The molecule has 1 aromatic carbocycles. The number of hydrogen-bond donors (Lipinski definition) is 0. The summed E-state index contributed by atoms with van der Waals surface area (Å²) in [7, 11) is 0. The number of rotatable bonds is 5. The van der Waals surface area contributed by atoms with Gasteiger partial charge in [-0.1, -0.05) is 48.1 Å². The average molecular weight is 337 g/mol. The molecule has 2 heterocycles. The molecule has 0 saturated heterocycles. The van der Waals surface area contributed by atoms with E-state index in [-0.39, 0.29) is 0 Å². The number of benzene rings is 1. The lowest BCUT2D eigenvalue weighted by Crippen LogP contribution is -1.93. The van der Waals surface area contributed by atoms with Gasteiger partial charge in [-0.25, -0.2) is 0 Å². The first-order valence-electron chi connectivity index (χ1n) is 6.49. The standard InChI is InChI=1S/C14H13ClN4S2/c1-2-20-9-12-16-17-14-19(12)18-13(21-14)7-6-10-4-3-5-11(15)8-10/h3-8H,2,9H2,1H3/b7-6+. The van der Waals surface area contributed by atoms with Crippen LogP contribution in [-0.2, 0) is 5.75 Å². The van der Waals surface area contributed by atoms with Gasteiger partial charge in [0.1, 0.15) is 5.01 Å². The Balaban J connectivity index is 1.83. The van der Waals surface area contributed by atoms with Crippen molar-refractivity contribution in [3.8, 4) is 0 Å². The number of halogens is 1. The zero-order valence-electron chi connectivity index (χ0n) is 11.4. The lowest BCUT2D eigenvalue weighted by molar-refractivity contribution is 0.880. The second kappa shape index (κ2) is 6.60. The summed E-state index contributed by atoms with van der Waals surface area (Å²) in [6, 6.07) is 7.72. The van der Waals surface area contributed by atoms with Crippen molar-refractivity contribution in [3.05, 3.63) is 45.7 Å². The molecule has 21 heavy (non-hydrogen) atoms. The van der Waals surface area contributed by atoms with Gasteiger partial charge >= 0.3 is 0 Å². The quantitative estimate of drug-likeness (QED) is 0.698. The summed E-state index contributed by atoms with van der Waals surface area (Å²) in [5, 5.41) is 14.5. The van der Waals surface area contributed by atoms with Gasteiger partial charge in [0.05, 0.1) is 5.75 Å². The molecule has 108 valence electrons. The molecule has 0 N–H and O–H groups in total. The van der Waals surface area contributed by atoms with Crippen LogP contribution in [0.3, 0.4) is 0 Å².